The van der Waals surface area contributed by atoms with Gasteiger partial charge in [-0.05, 0) is 30.7 Å². The lowest BCUT2D eigenvalue weighted by Gasteiger charge is -2.37. The molecule has 7 nitrogen and oxygen atoms in total. The molecule has 0 spiro atoms. The third kappa shape index (κ3) is 6.45. The first kappa shape index (κ1) is 24.0. The largest absolute Gasteiger partial charge is 0.399 e. The highest BCUT2D eigenvalue weighted by molar-refractivity contribution is 8.01. The Kier molecular flexibility index (Phi) is 7.55. The zero-order valence-corrected chi connectivity index (χ0v) is 20.7. The lowest BCUT2D eigenvalue weighted by molar-refractivity contribution is -1.12. The van der Waals surface area contributed by atoms with E-state index >= 15 is 0 Å². The topological polar surface area (TPSA) is 101 Å². The molecule has 1 aliphatic rings. The molecule has 1 fully saturated rings. The van der Waals surface area contributed by atoms with E-state index in [1.807, 2.05) is 49.4 Å². The maximum absolute atomic E-state index is 12.5. The van der Waals surface area contributed by atoms with Gasteiger partial charge in [0.25, 0.3) is 0 Å². The van der Waals surface area contributed by atoms with E-state index in [0.29, 0.717) is 30.3 Å². The van der Waals surface area contributed by atoms with Crippen LogP contribution in [0.15, 0.2) is 46.8 Å². The number of nitrogen functional groups attached to an aromatic ring is 1. The summed E-state index contributed by atoms with van der Waals surface area (Å²) in [5.74, 6) is 0.247. The van der Waals surface area contributed by atoms with Gasteiger partial charge >= 0.3 is 0 Å². The van der Waals surface area contributed by atoms with Gasteiger partial charge in [-0.2, -0.15) is 4.65 Å². The summed E-state index contributed by atoms with van der Waals surface area (Å²) in [6, 6.07) is 13.5. The Labute approximate surface area is 206 Å². The SMILES string of the molecule is Cc1ccc(C[N+]2(O)CCC(NC(=O)CSc3nnc(-c4cccc(N)c4)s3)CC2)cc1Cl. The van der Waals surface area contributed by atoms with Crippen molar-refractivity contribution in [3.63, 3.8) is 0 Å². The predicted octanol–water partition coefficient (Wildman–Crippen LogP) is 4.53. The van der Waals surface area contributed by atoms with Crippen LogP contribution < -0.4 is 11.1 Å². The van der Waals surface area contributed by atoms with Crippen molar-refractivity contribution in [1.82, 2.24) is 15.5 Å². The summed E-state index contributed by atoms with van der Waals surface area (Å²) < 4.78 is 0.715. The van der Waals surface area contributed by atoms with Crippen molar-refractivity contribution in [3.05, 3.63) is 58.6 Å². The second-order valence-corrected chi connectivity index (χ2v) is 11.0. The average molecular weight is 505 g/mol. The maximum Gasteiger partial charge on any atom is 0.230 e. The molecule has 10 heteroatoms. The third-order valence-corrected chi connectivity index (χ3v) is 8.25. The number of benzene rings is 2. The Morgan fingerprint density at radius 1 is 1.27 bits per heavy atom. The van der Waals surface area contributed by atoms with Crippen molar-refractivity contribution < 1.29 is 14.6 Å². The van der Waals surface area contributed by atoms with E-state index in [4.69, 9.17) is 17.3 Å². The van der Waals surface area contributed by atoms with Crippen molar-refractivity contribution in [3.8, 4) is 10.6 Å². The molecule has 33 heavy (non-hydrogen) atoms. The van der Waals surface area contributed by atoms with Crippen molar-refractivity contribution in [2.24, 2.45) is 0 Å². The number of nitrogens with zero attached hydrogens (tertiary/aromatic N) is 3. The number of aromatic nitrogens is 2. The Bertz CT molecular complexity index is 1130. The van der Waals surface area contributed by atoms with Gasteiger partial charge < -0.3 is 11.1 Å². The second-order valence-electron chi connectivity index (χ2n) is 8.41. The first-order valence-electron chi connectivity index (χ1n) is 10.8. The molecule has 0 atom stereocenters. The molecule has 0 unspecified atom stereocenters. The van der Waals surface area contributed by atoms with Gasteiger partial charge in [-0.15, -0.1) is 10.2 Å². The molecule has 1 aliphatic heterocycles. The number of carbonyl (C=O) groups is 1. The quantitative estimate of drug-likeness (QED) is 0.248. The minimum atomic E-state index is -0.0334. The molecule has 4 rings (SSSR count). The van der Waals surface area contributed by atoms with Crippen LogP contribution in [0.3, 0.4) is 0 Å². The fourth-order valence-electron chi connectivity index (χ4n) is 3.88. The van der Waals surface area contributed by atoms with Crippen LogP contribution in [0.5, 0.6) is 0 Å². The molecule has 1 amide bonds. The molecule has 0 aliphatic carbocycles. The molecule has 4 N–H and O–H groups in total. The fourth-order valence-corrected chi connectivity index (χ4v) is 5.74. The number of amides is 1. The number of aryl methyl sites for hydroxylation is 1. The van der Waals surface area contributed by atoms with Crippen molar-refractivity contribution in [1.29, 1.82) is 0 Å². The number of quaternary nitrogens is 1. The van der Waals surface area contributed by atoms with Crippen LogP contribution in [0.25, 0.3) is 10.6 Å². The van der Waals surface area contributed by atoms with Gasteiger partial charge in [-0.3, -0.25) is 4.79 Å². The monoisotopic (exact) mass is 504 g/mol. The number of hydroxylamine groups is 3. The summed E-state index contributed by atoms with van der Waals surface area (Å²) in [6.07, 6.45) is 1.45. The maximum atomic E-state index is 12.5. The van der Waals surface area contributed by atoms with Crippen LogP contribution in [0, 0.1) is 6.92 Å². The second kappa shape index (κ2) is 10.4. The minimum absolute atomic E-state index is 0.0297. The lowest BCUT2D eigenvalue weighted by atomic mass is 10.0. The first-order chi connectivity index (χ1) is 15.8. The highest BCUT2D eigenvalue weighted by Crippen LogP contribution is 2.30. The van der Waals surface area contributed by atoms with E-state index in [1.165, 1.54) is 23.1 Å². The molecular weight excluding hydrogens is 478 g/mol. The number of hydrogen-bond acceptors (Lipinski definition) is 7. The minimum Gasteiger partial charge on any atom is -0.399 e. The van der Waals surface area contributed by atoms with Crippen LogP contribution in [0.4, 0.5) is 5.69 Å². The first-order valence-corrected chi connectivity index (χ1v) is 12.9. The molecule has 2 heterocycles. The third-order valence-electron chi connectivity index (χ3n) is 5.73. The predicted molar refractivity (Wildman–Crippen MR) is 133 cm³/mol. The molecule has 2 aromatic carbocycles. The van der Waals surface area contributed by atoms with Gasteiger partial charge in [-0.25, -0.2) is 5.21 Å². The number of rotatable bonds is 7. The normalized spacial score (nSPS) is 20.5. The van der Waals surface area contributed by atoms with Gasteiger partial charge in [0.15, 0.2) is 4.34 Å². The number of anilines is 1. The standard InChI is InChI=1S/C23H26ClN5O2S2/c1-15-5-6-16(11-20(15)24)13-29(31)9-7-19(8-10-29)26-21(30)14-32-23-28-27-22(33-23)17-3-2-4-18(25)12-17/h2-6,11-12,19,31H,7-10,13-14,25H2,1H3/p+1. The van der Waals surface area contributed by atoms with E-state index in [-0.39, 0.29) is 22.3 Å². The summed E-state index contributed by atoms with van der Waals surface area (Å²) in [5.41, 5.74) is 9.47. The van der Waals surface area contributed by atoms with Gasteiger partial charge in [0.2, 0.25) is 5.91 Å². The molecule has 0 bridgehead atoms. The van der Waals surface area contributed by atoms with E-state index in [9.17, 15) is 10.0 Å². The number of piperidine rings is 1. The number of halogens is 1. The summed E-state index contributed by atoms with van der Waals surface area (Å²) in [6.45, 7) is 3.65. The average Bonchev–Trinajstić information content (AvgIpc) is 3.26. The highest BCUT2D eigenvalue weighted by atomic mass is 35.5. The fraction of sp³-hybridized carbons (Fsp3) is 0.348. The van der Waals surface area contributed by atoms with Crippen LogP contribution in [-0.2, 0) is 11.3 Å². The van der Waals surface area contributed by atoms with Gasteiger partial charge in [-0.1, -0.05) is 59.0 Å². The molecule has 3 aromatic rings. The zero-order chi connectivity index (χ0) is 23.4. The zero-order valence-electron chi connectivity index (χ0n) is 18.3. The number of hydrogen-bond donors (Lipinski definition) is 3. The smallest absolute Gasteiger partial charge is 0.230 e. The van der Waals surface area contributed by atoms with Crippen LogP contribution >= 0.6 is 34.7 Å². The Balaban J connectivity index is 1.23. The van der Waals surface area contributed by atoms with Gasteiger partial charge in [0.1, 0.15) is 24.6 Å². The van der Waals surface area contributed by atoms with Gasteiger partial charge in [0.05, 0.1) is 5.75 Å². The Morgan fingerprint density at radius 2 is 2.06 bits per heavy atom. The van der Waals surface area contributed by atoms with Crippen LogP contribution in [0.2, 0.25) is 5.02 Å². The highest BCUT2D eigenvalue weighted by Gasteiger charge is 2.34. The molecule has 174 valence electrons. The lowest BCUT2D eigenvalue weighted by Crippen LogP contribution is -2.54. The summed E-state index contributed by atoms with van der Waals surface area (Å²) in [4.78, 5) is 12.5. The number of carbonyl (C=O) groups excluding carboxylic acids is 1. The van der Waals surface area contributed by atoms with E-state index in [1.54, 1.807) is 0 Å². The Hall–Kier alpha value is -2.17. The summed E-state index contributed by atoms with van der Waals surface area (Å²) >= 11 is 9.04. The van der Waals surface area contributed by atoms with Crippen molar-refractivity contribution in [2.75, 3.05) is 24.6 Å². The number of thioether (sulfide) groups is 1. The van der Waals surface area contributed by atoms with E-state index in [2.05, 4.69) is 15.5 Å². The number of likely N-dealkylation sites (tertiary alicyclic amines) is 1. The van der Waals surface area contributed by atoms with Crippen molar-refractivity contribution in [2.45, 2.75) is 36.7 Å². The number of nitrogens with two attached hydrogens (primary N) is 1. The molecule has 1 aromatic heterocycles. The molecular formula is C23H27ClN5O2S2+. The van der Waals surface area contributed by atoms with Crippen LogP contribution in [-0.4, -0.2) is 50.8 Å². The summed E-state index contributed by atoms with van der Waals surface area (Å²) in [7, 11) is 0. The van der Waals surface area contributed by atoms with Gasteiger partial charge in [0, 0.05) is 40.7 Å². The van der Waals surface area contributed by atoms with Crippen molar-refractivity contribution >= 4 is 46.3 Å². The van der Waals surface area contributed by atoms with E-state index in [0.717, 1.165) is 38.9 Å². The summed E-state index contributed by atoms with van der Waals surface area (Å²) in [5, 5.41) is 23.9. The molecule has 0 saturated carbocycles. The Morgan fingerprint density at radius 3 is 2.79 bits per heavy atom. The number of nitrogens with one attached hydrogen (secondary N) is 1. The van der Waals surface area contributed by atoms with Crippen LogP contribution in [0.1, 0.15) is 24.0 Å². The van der Waals surface area contributed by atoms with E-state index < -0.39 is 0 Å². The molecule has 1 saturated heterocycles. The molecule has 0 radical (unpaired) electrons.